The molecule has 0 saturated carbocycles. The fraction of sp³-hybridized carbons (Fsp3) is 0.0870. The van der Waals surface area contributed by atoms with Crippen LogP contribution < -0.4 is 15.8 Å². The Morgan fingerprint density at radius 3 is 2.82 bits per heavy atom. The second-order valence-corrected chi connectivity index (χ2v) is 7.80. The van der Waals surface area contributed by atoms with E-state index in [1.165, 1.54) is 20.2 Å². The summed E-state index contributed by atoms with van der Waals surface area (Å²) in [5.41, 5.74) is 8.80. The Morgan fingerprint density at radius 1 is 1.07 bits per heavy atom. The standard InChI is InChI=1S/C23H19N3OS/c24-16-7-9-19(26-13-16)22-20(27-14-15-4-3-11-25-12-15)10-8-18-17-5-1-2-6-21(17)28-23(18)22/h1-13,19,26H,14,24H2. The van der Waals surface area contributed by atoms with Gasteiger partial charge in [-0.1, -0.05) is 30.3 Å². The van der Waals surface area contributed by atoms with Gasteiger partial charge in [-0.25, -0.2) is 0 Å². The molecule has 1 unspecified atom stereocenters. The minimum atomic E-state index is 0.00737. The van der Waals surface area contributed by atoms with E-state index in [0.29, 0.717) is 6.61 Å². The zero-order valence-corrected chi connectivity index (χ0v) is 15.9. The van der Waals surface area contributed by atoms with Gasteiger partial charge in [0.15, 0.2) is 0 Å². The van der Waals surface area contributed by atoms with Crippen molar-refractivity contribution in [1.82, 2.24) is 10.3 Å². The molecule has 5 rings (SSSR count). The number of nitrogens with two attached hydrogens (primary N) is 1. The molecule has 3 heterocycles. The number of dihydropyridines is 1. The van der Waals surface area contributed by atoms with E-state index in [9.17, 15) is 0 Å². The van der Waals surface area contributed by atoms with E-state index in [0.717, 1.165) is 22.6 Å². The molecule has 138 valence electrons. The van der Waals surface area contributed by atoms with Crippen molar-refractivity contribution in [2.75, 3.05) is 0 Å². The molecule has 3 N–H and O–H groups in total. The van der Waals surface area contributed by atoms with Crippen molar-refractivity contribution in [3.05, 3.63) is 96.1 Å². The molecule has 2 aromatic carbocycles. The number of pyridine rings is 1. The SMILES string of the molecule is NC1=CNC(c2c(OCc3cccnc3)ccc3c2sc2ccccc23)C=C1. The molecular formula is C23H19N3OS. The van der Waals surface area contributed by atoms with Gasteiger partial charge in [0.1, 0.15) is 12.4 Å². The summed E-state index contributed by atoms with van der Waals surface area (Å²) in [5.74, 6) is 0.874. The lowest BCUT2D eigenvalue weighted by Gasteiger charge is -2.22. The van der Waals surface area contributed by atoms with Crippen molar-refractivity contribution < 1.29 is 4.74 Å². The van der Waals surface area contributed by atoms with Crippen LogP contribution in [0.3, 0.4) is 0 Å². The molecule has 28 heavy (non-hydrogen) atoms. The summed E-state index contributed by atoms with van der Waals surface area (Å²) in [6.45, 7) is 0.478. The van der Waals surface area contributed by atoms with E-state index in [4.69, 9.17) is 10.5 Å². The largest absolute Gasteiger partial charge is 0.488 e. The summed E-state index contributed by atoms with van der Waals surface area (Å²) < 4.78 is 8.76. The molecular weight excluding hydrogens is 366 g/mol. The second kappa shape index (κ2) is 7.02. The zero-order valence-electron chi connectivity index (χ0n) is 15.1. The molecule has 2 aromatic heterocycles. The first kappa shape index (κ1) is 16.8. The number of thiophene rings is 1. The van der Waals surface area contributed by atoms with Crippen LogP contribution in [-0.4, -0.2) is 4.98 Å². The van der Waals surface area contributed by atoms with Crippen LogP contribution in [0.5, 0.6) is 5.75 Å². The van der Waals surface area contributed by atoms with E-state index in [1.54, 1.807) is 17.5 Å². The molecule has 0 radical (unpaired) electrons. The van der Waals surface area contributed by atoms with E-state index in [1.807, 2.05) is 30.6 Å². The van der Waals surface area contributed by atoms with Gasteiger partial charge >= 0.3 is 0 Å². The second-order valence-electron chi connectivity index (χ2n) is 6.75. The Morgan fingerprint density at radius 2 is 2.00 bits per heavy atom. The summed E-state index contributed by atoms with van der Waals surface area (Å²) in [6.07, 6.45) is 9.48. The van der Waals surface area contributed by atoms with Gasteiger partial charge in [-0.05, 0) is 30.3 Å². The molecule has 1 atom stereocenters. The van der Waals surface area contributed by atoms with Gasteiger partial charge in [0.05, 0.1) is 6.04 Å². The third-order valence-electron chi connectivity index (χ3n) is 4.88. The summed E-state index contributed by atoms with van der Waals surface area (Å²) in [4.78, 5) is 4.17. The van der Waals surface area contributed by atoms with Crippen LogP contribution in [0.25, 0.3) is 20.2 Å². The summed E-state index contributed by atoms with van der Waals surface area (Å²) in [7, 11) is 0. The van der Waals surface area contributed by atoms with Crippen LogP contribution >= 0.6 is 11.3 Å². The lowest BCUT2D eigenvalue weighted by atomic mass is 10.0. The zero-order chi connectivity index (χ0) is 18.9. The fourth-order valence-corrected chi connectivity index (χ4v) is 4.81. The van der Waals surface area contributed by atoms with Gasteiger partial charge in [-0.15, -0.1) is 11.3 Å². The number of fused-ring (bicyclic) bond motifs is 3. The maximum atomic E-state index is 6.25. The highest BCUT2D eigenvalue weighted by atomic mass is 32.1. The maximum absolute atomic E-state index is 6.25. The number of ether oxygens (including phenoxy) is 1. The molecule has 0 amide bonds. The fourth-order valence-electron chi connectivity index (χ4n) is 3.53. The minimum Gasteiger partial charge on any atom is -0.488 e. The molecule has 4 nitrogen and oxygen atoms in total. The Hall–Kier alpha value is -3.31. The predicted molar refractivity (Wildman–Crippen MR) is 115 cm³/mol. The third kappa shape index (κ3) is 3.00. The van der Waals surface area contributed by atoms with Crippen LogP contribution in [0, 0.1) is 0 Å². The first-order chi connectivity index (χ1) is 13.8. The highest BCUT2D eigenvalue weighted by Crippen LogP contribution is 2.43. The van der Waals surface area contributed by atoms with Crippen molar-refractivity contribution in [2.45, 2.75) is 12.6 Å². The van der Waals surface area contributed by atoms with Crippen LogP contribution in [0.1, 0.15) is 17.2 Å². The summed E-state index contributed by atoms with van der Waals surface area (Å²) in [5, 5.41) is 5.93. The first-order valence-corrected chi connectivity index (χ1v) is 9.97. The number of nitrogens with zero attached hydrogens (tertiary/aromatic N) is 1. The average molecular weight is 385 g/mol. The summed E-state index contributed by atoms with van der Waals surface area (Å²) in [6, 6.07) is 16.7. The number of nitrogens with one attached hydrogen (secondary N) is 1. The molecule has 0 spiro atoms. The Labute approximate surface area is 167 Å². The van der Waals surface area contributed by atoms with Crippen LogP contribution in [-0.2, 0) is 6.61 Å². The van der Waals surface area contributed by atoms with Gasteiger partial charge < -0.3 is 15.8 Å². The highest BCUT2D eigenvalue weighted by molar-refractivity contribution is 7.26. The smallest absolute Gasteiger partial charge is 0.126 e. The van der Waals surface area contributed by atoms with E-state index < -0.39 is 0 Å². The van der Waals surface area contributed by atoms with Crippen LogP contribution in [0.15, 0.2) is 85.0 Å². The molecule has 1 aliphatic rings. The van der Waals surface area contributed by atoms with Crippen LogP contribution in [0.2, 0.25) is 0 Å². The molecule has 0 aliphatic carbocycles. The molecule has 1 aliphatic heterocycles. The van der Waals surface area contributed by atoms with E-state index in [2.05, 4.69) is 52.8 Å². The monoisotopic (exact) mass is 385 g/mol. The third-order valence-corrected chi connectivity index (χ3v) is 6.10. The summed E-state index contributed by atoms with van der Waals surface area (Å²) >= 11 is 1.80. The topological polar surface area (TPSA) is 60.2 Å². The first-order valence-electron chi connectivity index (χ1n) is 9.15. The van der Waals surface area contributed by atoms with E-state index >= 15 is 0 Å². The number of hydrogen-bond acceptors (Lipinski definition) is 5. The van der Waals surface area contributed by atoms with Gasteiger partial charge in [-0.3, -0.25) is 4.98 Å². The molecule has 4 aromatic rings. The Bertz CT molecular complexity index is 1210. The van der Waals surface area contributed by atoms with Gasteiger partial charge in [0, 0.05) is 55.6 Å². The van der Waals surface area contributed by atoms with Gasteiger partial charge in [-0.2, -0.15) is 0 Å². The average Bonchev–Trinajstić information content (AvgIpc) is 3.12. The quantitative estimate of drug-likeness (QED) is 0.517. The highest BCUT2D eigenvalue weighted by Gasteiger charge is 2.21. The number of hydrogen-bond donors (Lipinski definition) is 2. The van der Waals surface area contributed by atoms with Crippen LogP contribution in [0.4, 0.5) is 0 Å². The molecule has 0 saturated heterocycles. The van der Waals surface area contributed by atoms with Crippen molar-refractivity contribution in [3.63, 3.8) is 0 Å². The lowest BCUT2D eigenvalue weighted by Crippen LogP contribution is -2.19. The lowest BCUT2D eigenvalue weighted by molar-refractivity contribution is 0.301. The van der Waals surface area contributed by atoms with Gasteiger partial charge in [0.25, 0.3) is 0 Å². The van der Waals surface area contributed by atoms with Gasteiger partial charge in [0.2, 0.25) is 0 Å². The molecule has 0 bridgehead atoms. The normalized spacial score (nSPS) is 16.1. The van der Waals surface area contributed by atoms with Crippen molar-refractivity contribution in [1.29, 1.82) is 0 Å². The number of aromatic nitrogens is 1. The minimum absolute atomic E-state index is 0.00737. The van der Waals surface area contributed by atoms with Crippen molar-refractivity contribution in [3.8, 4) is 5.75 Å². The number of rotatable bonds is 4. The maximum Gasteiger partial charge on any atom is 0.126 e. The predicted octanol–water partition coefficient (Wildman–Crippen LogP) is 5.03. The van der Waals surface area contributed by atoms with Crippen molar-refractivity contribution >= 4 is 31.5 Å². The Balaban J connectivity index is 1.63. The molecule has 0 fully saturated rings. The molecule has 5 heteroatoms. The Kier molecular flexibility index (Phi) is 4.22. The number of benzene rings is 2. The van der Waals surface area contributed by atoms with E-state index in [-0.39, 0.29) is 6.04 Å². The van der Waals surface area contributed by atoms with Crippen molar-refractivity contribution in [2.24, 2.45) is 5.73 Å². The number of allylic oxidation sites excluding steroid dienone is 1.